The Kier molecular flexibility index (Phi) is 2.52. The summed E-state index contributed by atoms with van der Waals surface area (Å²) in [6, 6.07) is 0. The van der Waals surface area contributed by atoms with Crippen LogP contribution in [0.4, 0.5) is 0 Å². The first-order valence-corrected chi connectivity index (χ1v) is 3.96. The van der Waals surface area contributed by atoms with Gasteiger partial charge in [-0.05, 0) is 6.42 Å². The lowest BCUT2D eigenvalue weighted by Crippen LogP contribution is -2.37. The third-order valence-electron chi connectivity index (χ3n) is 2.05. The van der Waals surface area contributed by atoms with Gasteiger partial charge in [0.25, 0.3) is 0 Å². The zero-order valence-electron chi connectivity index (χ0n) is 6.39. The van der Waals surface area contributed by atoms with Crippen LogP contribution in [0.25, 0.3) is 0 Å². The molecular weight excluding hydrogens is 112 g/mol. The molecule has 54 valence electrons. The fourth-order valence-electron chi connectivity index (χ4n) is 1.20. The molecule has 0 spiro atoms. The lowest BCUT2D eigenvalue weighted by atomic mass is 9.96. The summed E-state index contributed by atoms with van der Waals surface area (Å²) in [7, 11) is 0. The monoisotopic (exact) mass is 128 g/mol. The molecule has 1 heteroatoms. The molecule has 0 radical (unpaired) electrons. The molecule has 0 aromatic carbocycles. The molecule has 1 fully saturated rings. The molecule has 1 heterocycles. The third-order valence-corrected chi connectivity index (χ3v) is 2.05. The Bertz CT molecular complexity index is 80.6. The van der Waals surface area contributed by atoms with E-state index in [4.69, 9.17) is 4.74 Å². The van der Waals surface area contributed by atoms with Crippen LogP contribution < -0.4 is 0 Å². The summed E-state index contributed by atoms with van der Waals surface area (Å²) < 4.78 is 5.35. The Labute approximate surface area is 57.4 Å². The van der Waals surface area contributed by atoms with Gasteiger partial charge in [0.2, 0.25) is 0 Å². The van der Waals surface area contributed by atoms with Crippen molar-refractivity contribution in [3.05, 3.63) is 0 Å². The van der Waals surface area contributed by atoms with Crippen LogP contribution in [0.5, 0.6) is 0 Å². The summed E-state index contributed by atoms with van der Waals surface area (Å²) in [6.45, 7) is 5.49. The highest BCUT2D eigenvalue weighted by Gasteiger charge is 2.26. The Morgan fingerprint density at radius 3 is 2.67 bits per heavy atom. The standard InChI is InChI=1S/C8H16O/c1-3-4-5-8-7(2)6-9-8/h7-8H,3-6H2,1-2H3/t7-,8-/m1/s1. The van der Waals surface area contributed by atoms with Crippen LogP contribution in [0.1, 0.15) is 33.1 Å². The first-order chi connectivity index (χ1) is 4.34. The van der Waals surface area contributed by atoms with Gasteiger partial charge in [-0.15, -0.1) is 0 Å². The van der Waals surface area contributed by atoms with Gasteiger partial charge in [0.05, 0.1) is 12.7 Å². The zero-order valence-corrected chi connectivity index (χ0v) is 6.39. The van der Waals surface area contributed by atoms with Crippen LogP contribution in [0.2, 0.25) is 0 Å². The minimum Gasteiger partial charge on any atom is -0.377 e. The Balaban J connectivity index is 1.99. The highest BCUT2D eigenvalue weighted by molar-refractivity contribution is 4.73. The molecule has 1 rings (SSSR count). The number of ether oxygens (including phenoxy) is 1. The van der Waals surface area contributed by atoms with E-state index in [0.29, 0.717) is 6.10 Å². The first-order valence-electron chi connectivity index (χ1n) is 3.96. The van der Waals surface area contributed by atoms with Crippen LogP contribution in [-0.4, -0.2) is 12.7 Å². The van der Waals surface area contributed by atoms with E-state index < -0.39 is 0 Å². The second-order valence-electron chi connectivity index (χ2n) is 2.99. The van der Waals surface area contributed by atoms with E-state index in [2.05, 4.69) is 13.8 Å². The molecule has 0 aromatic heterocycles. The molecule has 1 saturated heterocycles. The largest absolute Gasteiger partial charge is 0.377 e. The zero-order chi connectivity index (χ0) is 6.69. The Hall–Kier alpha value is -0.0400. The maximum atomic E-state index is 5.35. The minimum atomic E-state index is 0.602. The fraction of sp³-hybridized carbons (Fsp3) is 1.00. The molecule has 1 aliphatic rings. The van der Waals surface area contributed by atoms with Crippen molar-refractivity contribution in [2.75, 3.05) is 6.61 Å². The lowest BCUT2D eigenvalue weighted by Gasteiger charge is -2.34. The van der Waals surface area contributed by atoms with Gasteiger partial charge in [0.15, 0.2) is 0 Å². The van der Waals surface area contributed by atoms with Crippen LogP contribution in [0.3, 0.4) is 0 Å². The molecule has 0 amide bonds. The van der Waals surface area contributed by atoms with E-state index >= 15 is 0 Å². The van der Waals surface area contributed by atoms with Crippen LogP contribution in [-0.2, 0) is 4.74 Å². The van der Waals surface area contributed by atoms with Crippen LogP contribution in [0.15, 0.2) is 0 Å². The van der Waals surface area contributed by atoms with Gasteiger partial charge in [-0.2, -0.15) is 0 Å². The highest BCUT2D eigenvalue weighted by Crippen LogP contribution is 2.23. The minimum absolute atomic E-state index is 0.602. The average molecular weight is 128 g/mol. The van der Waals surface area contributed by atoms with Crippen LogP contribution in [0, 0.1) is 5.92 Å². The Morgan fingerprint density at radius 2 is 2.33 bits per heavy atom. The summed E-state index contributed by atoms with van der Waals surface area (Å²) in [5.41, 5.74) is 0. The number of hydrogen-bond donors (Lipinski definition) is 0. The predicted octanol–water partition coefficient (Wildman–Crippen LogP) is 2.21. The molecule has 0 bridgehead atoms. The average Bonchev–Trinajstić information content (AvgIpc) is 1.86. The molecule has 0 aromatic rings. The molecule has 0 unspecified atom stereocenters. The number of hydrogen-bond acceptors (Lipinski definition) is 1. The maximum Gasteiger partial charge on any atom is 0.0622 e. The summed E-state index contributed by atoms with van der Waals surface area (Å²) in [5, 5.41) is 0. The van der Waals surface area contributed by atoms with Gasteiger partial charge < -0.3 is 4.74 Å². The van der Waals surface area contributed by atoms with E-state index in [-0.39, 0.29) is 0 Å². The summed E-state index contributed by atoms with van der Waals surface area (Å²) in [4.78, 5) is 0. The van der Waals surface area contributed by atoms with E-state index in [1.165, 1.54) is 19.3 Å². The summed E-state index contributed by atoms with van der Waals surface area (Å²) in [5.74, 6) is 0.830. The maximum absolute atomic E-state index is 5.35. The van der Waals surface area contributed by atoms with Crippen molar-refractivity contribution in [1.29, 1.82) is 0 Å². The topological polar surface area (TPSA) is 9.23 Å². The van der Waals surface area contributed by atoms with Gasteiger partial charge in [-0.1, -0.05) is 26.7 Å². The van der Waals surface area contributed by atoms with Gasteiger partial charge in [-0.3, -0.25) is 0 Å². The second kappa shape index (κ2) is 3.21. The van der Waals surface area contributed by atoms with E-state index in [0.717, 1.165) is 12.5 Å². The number of unbranched alkanes of at least 4 members (excludes halogenated alkanes) is 1. The first kappa shape index (κ1) is 7.07. The predicted molar refractivity (Wildman–Crippen MR) is 38.4 cm³/mol. The smallest absolute Gasteiger partial charge is 0.0622 e. The van der Waals surface area contributed by atoms with E-state index in [1.54, 1.807) is 0 Å². The Morgan fingerprint density at radius 1 is 1.56 bits per heavy atom. The van der Waals surface area contributed by atoms with E-state index in [1.807, 2.05) is 0 Å². The molecular formula is C8H16O. The SMILES string of the molecule is CCCC[C@H]1OC[C@H]1C. The van der Waals surface area contributed by atoms with Crippen molar-refractivity contribution in [1.82, 2.24) is 0 Å². The fourth-order valence-corrected chi connectivity index (χ4v) is 1.20. The van der Waals surface area contributed by atoms with Crippen molar-refractivity contribution in [2.45, 2.75) is 39.2 Å². The molecule has 0 saturated carbocycles. The quantitative estimate of drug-likeness (QED) is 0.566. The van der Waals surface area contributed by atoms with Crippen molar-refractivity contribution in [2.24, 2.45) is 5.92 Å². The second-order valence-corrected chi connectivity index (χ2v) is 2.99. The number of rotatable bonds is 3. The lowest BCUT2D eigenvalue weighted by molar-refractivity contribution is -0.110. The third kappa shape index (κ3) is 1.68. The van der Waals surface area contributed by atoms with Gasteiger partial charge in [-0.25, -0.2) is 0 Å². The van der Waals surface area contributed by atoms with Crippen LogP contribution >= 0.6 is 0 Å². The molecule has 1 nitrogen and oxygen atoms in total. The normalized spacial score (nSPS) is 34.0. The van der Waals surface area contributed by atoms with Gasteiger partial charge >= 0.3 is 0 Å². The molecule has 1 aliphatic heterocycles. The molecule has 0 aliphatic carbocycles. The molecule has 0 N–H and O–H groups in total. The van der Waals surface area contributed by atoms with Crippen molar-refractivity contribution >= 4 is 0 Å². The highest BCUT2D eigenvalue weighted by atomic mass is 16.5. The van der Waals surface area contributed by atoms with Gasteiger partial charge in [0.1, 0.15) is 0 Å². The summed E-state index contributed by atoms with van der Waals surface area (Å²) in [6.07, 6.45) is 4.50. The summed E-state index contributed by atoms with van der Waals surface area (Å²) >= 11 is 0. The van der Waals surface area contributed by atoms with Crippen molar-refractivity contribution in [3.8, 4) is 0 Å². The van der Waals surface area contributed by atoms with Crippen molar-refractivity contribution < 1.29 is 4.74 Å². The van der Waals surface area contributed by atoms with Crippen molar-refractivity contribution in [3.63, 3.8) is 0 Å². The molecule has 2 atom stereocenters. The van der Waals surface area contributed by atoms with E-state index in [9.17, 15) is 0 Å². The molecule has 9 heavy (non-hydrogen) atoms. The van der Waals surface area contributed by atoms with Gasteiger partial charge in [0, 0.05) is 5.92 Å².